The van der Waals surface area contributed by atoms with Crippen molar-refractivity contribution in [3.8, 4) is 0 Å². The molecule has 140 valence electrons. The van der Waals surface area contributed by atoms with Gasteiger partial charge in [-0.15, -0.1) is 0 Å². The molecule has 5 heteroatoms. The number of benzene rings is 1. The summed E-state index contributed by atoms with van der Waals surface area (Å²) in [6, 6.07) is 5.92. The Morgan fingerprint density at radius 1 is 1.31 bits per heavy atom. The van der Waals surface area contributed by atoms with Crippen molar-refractivity contribution in [2.45, 2.75) is 51.7 Å². The van der Waals surface area contributed by atoms with E-state index in [1.54, 1.807) is 7.11 Å². The quantitative estimate of drug-likeness (QED) is 0.869. The fourth-order valence-electron chi connectivity index (χ4n) is 5.08. The monoisotopic (exact) mass is 356 g/mol. The fraction of sp³-hybridized carbons (Fsp3) is 0.571. The van der Waals surface area contributed by atoms with Crippen LogP contribution in [0.2, 0.25) is 0 Å². The maximum Gasteiger partial charge on any atom is 0.255 e. The normalized spacial score (nSPS) is 27.7. The predicted molar refractivity (Wildman–Crippen MR) is 101 cm³/mol. The number of aromatic nitrogens is 1. The van der Waals surface area contributed by atoms with Crippen molar-refractivity contribution in [2.75, 3.05) is 20.2 Å². The highest BCUT2D eigenvalue weighted by Crippen LogP contribution is 2.58. The highest BCUT2D eigenvalue weighted by molar-refractivity contribution is 6.06. The van der Waals surface area contributed by atoms with Gasteiger partial charge in [0.25, 0.3) is 5.91 Å². The number of amides is 1. The second kappa shape index (κ2) is 5.83. The van der Waals surface area contributed by atoms with Crippen LogP contribution in [0.25, 0.3) is 10.9 Å². The molecule has 1 aliphatic heterocycles. The number of carbonyl (C=O) groups excluding carboxylic acids is 1. The number of hydrogen-bond acceptors (Lipinski definition) is 3. The van der Waals surface area contributed by atoms with Crippen molar-refractivity contribution < 1.29 is 14.6 Å². The second-order valence-electron chi connectivity index (χ2n) is 8.21. The highest BCUT2D eigenvalue weighted by atomic mass is 16.5. The SMILES string of the molecule is CO[C@@]1(C)C[C@@H](O)C12CCN(C(=O)c1cccc3c(C)c(C)[nH]c13)CC2. The number of aryl methyl sites for hydroxylation is 2. The number of H-pyrrole nitrogens is 1. The van der Waals surface area contributed by atoms with Gasteiger partial charge in [-0.05, 0) is 45.2 Å². The Kier molecular flexibility index (Phi) is 3.93. The van der Waals surface area contributed by atoms with E-state index in [4.69, 9.17) is 4.74 Å². The summed E-state index contributed by atoms with van der Waals surface area (Å²) in [5, 5.41) is 11.5. The summed E-state index contributed by atoms with van der Waals surface area (Å²) in [7, 11) is 1.72. The first-order valence-corrected chi connectivity index (χ1v) is 9.43. The molecule has 2 aliphatic rings. The molecule has 4 rings (SSSR count). The number of likely N-dealkylation sites (tertiary alicyclic amines) is 1. The molecule has 1 spiro atoms. The molecule has 2 heterocycles. The van der Waals surface area contributed by atoms with Crippen LogP contribution in [0.1, 0.15) is 47.8 Å². The van der Waals surface area contributed by atoms with Crippen LogP contribution in [0.3, 0.4) is 0 Å². The summed E-state index contributed by atoms with van der Waals surface area (Å²) < 4.78 is 5.72. The maximum atomic E-state index is 13.2. The van der Waals surface area contributed by atoms with E-state index in [1.807, 2.05) is 24.0 Å². The molecular formula is C21H28N2O3. The number of fused-ring (bicyclic) bond motifs is 1. The minimum atomic E-state index is -0.332. The summed E-state index contributed by atoms with van der Waals surface area (Å²) in [6.45, 7) is 7.52. The Balaban J connectivity index is 1.58. The maximum absolute atomic E-state index is 13.2. The Hall–Kier alpha value is -1.85. The number of piperidine rings is 1. The van der Waals surface area contributed by atoms with E-state index in [1.165, 1.54) is 5.56 Å². The van der Waals surface area contributed by atoms with Crippen LogP contribution < -0.4 is 0 Å². The molecule has 0 unspecified atom stereocenters. The largest absolute Gasteiger partial charge is 0.392 e. The van der Waals surface area contributed by atoms with Gasteiger partial charge in [0.2, 0.25) is 0 Å². The lowest BCUT2D eigenvalue weighted by Gasteiger charge is -2.62. The zero-order valence-corrected chi connectivity index (χ0v) is 16.1. The molecule has 1 saturated heterocycles. The van der Waals surface area contributed by atoms with Crippen molar-refractivity contribution in [2.24, 2.45) is 5.41 Å². The van der Waals surface area contributed by atoms with Crippen LogP contribution in [0.5, 0.6) is 0 Å². The molecule has 0 bridgehead atoms. The zero-order valence-electron chi connectivity index (χ0n) is 16.1. The number of methoxy groups -OCH3 is 1. The summed E-state index contributed by atoms with van der Waals surface area (Å²) in [4.78, 5) is 18.5. The molecule has 1 aromatic heterocycles. The van der Waals surface area contributed by atoms with Crippen LogP contribution in [0.4, 0.5) is 0 Å². The third-order valence-corrected chi connectivity index (χ3v) is 7.24. The predicted octanol–water partition coefficient (Wildman–Crippen LogP) is 3.18. The van der Waals surface area contributed by atoms with Crippen LogP contribution in [-0.2, 0) is 4.74 Å². The zero-order chi connectivity index (χ0) is 18.7. The third-order valence-electron chi connectivity index (χ3n) is 7.24. The van der Waals surface area contributed by atoms with Gasteiger partial charge in [0.1, 0.15) is 0 Å². The van der Waals surface area contributed by atoms with Gasteiger partial charge in [0.15, 0.2) is 0 Å². The number of aromatic amines is 1. The summed E-state index contributed by atoms with van der Waals surface area (Å²) in [5.74, 6) is 0.0691. The number of rotatable bonds is 2. The van der Waals surface area contributed by atoms with E-state index < -0.39 is 0 Å². The number of nitrogens with one attached hydrogen (secondary N) is 1. The van der Waals surface area contributed by atoms with Gasteiger partial charge in [-0.2, -0.15) is 0 Å². The first-order chi connectivity index (χ1) is 12.3. The van der Waals surface area contributed by atoms with Crippen molar-refractivity contribution in [1.82, 2.24) is 9.88 Å². The average molecular weight is 356 g/mol. The molecule has 1 aromatic carbocycles. The number of ether oxygens (including phenoxy) is 1. The topological polar surface area (TPSA) is 65.6 Å². The second-order valence-corrected chi connectivity index (χ2v) is 8.21. The van der Waals surface area contributed by atoms with Crippen molar-refractivity contribution in [3.63, 3.8) is 0 Å². The van der Waals surface area contributed by atoms with Gasteiger partial charge in [-0.3, -0.25) is 4.79 Å². The number of aliphatic hydroxyl groups is 1. The molecule has 2 atom stereocenters. The van der Waals surface area contributed by atoms with E-state index in [2.05, 4.69) is 24.9 Å². The fourth-order valence-corrected chi connectivity index (χ4v) is 5.08. The van der Waals surface area contributed by atoms with Crippen LogP contribution in [0.15, 0.2) is 18.2 Å². The van der Waals surface area contributed by atoms with Gasteiger partial charge >= 0.3 is 0 Å². The van der Waals surface area contributed by atoms with Crippen molar-refractivity contribution >= 4 is 16.8 Å². The molecule has 26 heavy (non-hydrogen) atoms. The number of nitrogens with zero attached hydrogens (tertiary/aromatic N) is 1. The van der Waals surface area contributed by atoms with Crippen LogP contribution in [0, 0.1) is 19.3 Å². The molecule has 5 nitrogen and oxygen atoms in total. The minimum Gasteiger partial charge on any atom is -0.392 e. The van der Waals surface area contributed by atoms with Gasteiger partial charge in [-0.25, -0.2) is 0 Å². The number of para-hydroxylation sites is 1. The highest BCUT2D eigenvalue weighted by Gasteiger charge is 2.63. The Morgan fingerprint density at radius 3 is 2.62 bits per heavy atom. The Bertz CT molecular complexity index is 864. The first-order valence-electron chi connectivity index (χ1n) is 9.43. The lowest BCUT2D eigenvalue weighted by Crippen LogP contribution is -2.69. The molecule has 2 aromatic rings. The summed E-state index contributed by atoms with van der Waals surface area (Å²) in [5.41, 5.74) is 3.46. The van der Waals surface area contributed by atoms with Crippen LogP contribution in [-0.4, -0.2) is 52.8 Å². The molecule has 2 N–H and O–H groups in total. The molecular weight excluding hydrogens is 328 g/mol. The van der Waals surface area contributed by atoms with E-state index in [0.717, 1.165) is 35.0 Å². The van der Waals surface area contributed by atoms with E-state index in [-0.39, 0.29) is 23.0 Å². The van der Waals surface area contributed by atoms with Crippen LogP contribution >= 0.6 is 0 Å². The van der Waals surface area contributed by atoms with E-state index in [0.29, 0.717) is 19.5 Å². The van der Waals surface area contributed by atoms with E-state index in [9.17, 15) is 9.90 Å². The minimum absolute atomic E-state index is 0.0691. The lowest BCUT2D eigenvalue weighted by atomic mass is 9.51. The van der Waals surface area contributed by atoms with Crippen molar-refractivity contribution in [1.29, 1.82) is 0 Å². The summed E-state index contributed by atoms with van der Waals surface area (Å²) >= 11 is 0. The van der Waals surface area contributed by atoms with Crippen molar-refractivity contribution in [3.05, 3.63) is 35.0 Å². The molecule has 1 aliphatic carbocycles. The standard InChI is InChI=1S/C21H28N2O3/c1-13-14(2)22-18-15(13)6-5-7-16(18)19(25)23-10-8-21(9-11-23)17(24)12-20(21,3)26-4/h5-7,17,22,24H,8-12H2,1-4H3/t17-,20+/m1/s1. The molecule has 1 saturated carbocycles. The number of carbonyl (C=O) groups is 1. The Morgan fingerprint density at radius 2 is 2.00 bits per heavy atom. The smallest absolute Gasteiger partial charge is 0.255 e. The van der Waals surface area contributed by atoms with E-state index >= 15 is 0 Å². The number of hydrogen-bond donors (Lipinski definition) is 2. The lowest BCUT2D eigenvalue weighted by molar-refractivity contribution is -0.259. The van der Waals surface area contributed by atoms with Gasteiger partial charge in [0, 0.05) is 43.1 Å². The first kappa shape index (κ1) is 17.6. The molecule has 0 radical (unpaired) electrons. The van der Waals surface area contributed by atoms with Gasteiger partial charge in [0.05, 0.1) is 22.8 Å². The third kappa shape index (κ3) is 2.20. The van der Waals surface area contributed by atoms with Gasteiger partial charge in [-0.1, -0.05) is 12.1 Å². The van der Waals surface area contributed by atoms with Gasteiger partial charge < -0.3 is 19.7 Å². The number of aliphatic hydroxyl groups excluding tert-OH is 1. The molecule has 2 fully saturated rings. The molecule has 1 amide bonds. The summed E-state index contributed by atoms with van der Waals surface area (Å²) in [6.07, 6.45) is 1.91. The average Bonchev–Trinajstić information content (AvgIpc) is 2.95. The Labute approximate surface area is 154 Å².